The Balaban J connectivity index is 2.48. The van der Waals surface area contributed by atoms with Crippen molar-refractivity contribution in [2.45, 2.75) is 6.92 Å². The van der Waals surface area contributed by atoms with E-state index in [-0.39, 0.29) is 11.6 Å². The maximum Gasteiger partial charge on any atom is 0.218 e. The summed E-state index contributed by atoms with van der Waals surface area (Å²) in [5, 5.41) is 7.43. The molecule has 0 spiro atoms. The molecular weight excluding hydrogens is 270 g/mol. The number of carbonyl (C=O) groups excluding carboxylic acids is 1. The van der Waals surface area contributed by atoms with E-state index in [0.717, 1.165) is 10.0 Å². The van der Waals surface area contributed by atoms with Crippen LogP contribution in [-0.4, -0.2) is 21.0 Å². The lowest BCUT2D eigenvalue weighted by atomic mass is 10.2. The minimum atomic E-state index is -0.190. The summed E-state index contributed by atoms with van der Waals surface area (Å²) in [4.78, 5) is 15.3. The number of carbonyl (C=O) groups is 1. The van der Waals surface area contributed by atoms with Crippen LogP contribution in [0.3, 0.4) is 0 Å². The van der Waals surface area contributed by atoms with Crippen LogP contribution in [-0.2, 0) is 0 Å². The Kier molecular flexibility index (Phi) is 3.05. The van der Waals surface area contributed by atoms with Gasteiger partial charge in [-0.05, 0) is 12.1 Å². The minimum Gasteiger partial charge on any atom is -0.291 e. The zero-order chi connectivity index (χ0) is 11.5. The van der Waals surface area contributed by atoms with Crippen molar-refractivity contribution in [3.63, 3.8) is 0 Å². The van der Waals surface area contributed by atoms with Gasteiger partial charge in [0.05, 0.1) is 11.9 Å². The lowest BCUT2D eigenvalue weighted by Crippen LogP contribution is -2.03. The Labute approximate surface area is 101 Å². The first kappa shape index (κ1) is 10.9. The molecule has 0 atom stereocenters. The van der Waals surface area contributed by atoms with E-state index in [1.165, 1.54) is 13.1 Å². The van der Waals surface area contributed by atoms with Gasteiger partial charge in [0, 0.05) is 17.0 Å². The molecule has 0 radical (unpaired) electrons. The number of halogens is 1. The van der Waals surface area contributed by atoms with Gasteiger partial charge in [-0.25, -0.2) is 4.98 Å². The van der Waals surface area contributed by atoms with Crippen molar-refractivity contribution in [3.8, 4) is 11.3 Å². The van der Waals surface area contributed by atoms with Gasteiger partial charge in [-0.15, -0.1) is 5.10 Å². The van der Waals surface area contributed by atoms with Crippen LogP contribution in [0.5, 0.6) is 0 Å². The summed E-state index contributed by atoms with van der Waals surface area (Å²) in [5.74, 6) is -0.0539. The fourth-order valence-corrected chi connectivity index (χ4v) is 1.64. The zero-order valence-corrected chi connectivity index (χ0v) is 10.1. The molecule has 80 valence electrons. The number of aromatic nitrogens is 3. The molecule has 0 saturated carbocycles. The molecule has 1 heterocycles. The largest absolute Gasteiger partial charge is 0.291 e. The molecule has 0 unspecified atom stereocenters. The van der Waals surface area contributed by atoms with Gasteiger partial charge in [0.2, 0.25) is 5.82 Å². The molecule has 0 fully saturated rings. The average molecular weight is 278 g/mol. The van der Waals surface area contributed by atoms with Crippen molar-refractivity contribution in [1.29, 1.82) is 0 Å². The van der Waals surface area contributed by atoms with Crippen LogP contribution in [0, 0.1) is 0 Å². The molecule has 0 aliphatic carbocycles. The molecule has 0 aliphatic heterocycles. The van der Waals surface area contributed by atoms with Crippen LogP contribution in [0.1, 0.15) is 17.5 Å². The lowest BCUT2D eigenvalue weighted by molar-refractivity contribution is 0.100. The van der Waals surface area contributed by atoms with Gasteiger partial charge in [-0.3, -0.25) is 4.79 Å². The molecule has 0 saturated heterocycles. The first-order valence-corrected chi connectivity index (χ1v) is 5.43. The summed E-state index contributed by atoms with van der Waals surface area (Å²) in [6.07, 6.45) is 1.54. The molecule has 16 heavy (non-hydrogen) atoms. The Morgan fingerprint density at radius 1 is 1.38 bits per heavy atom. The van der Waals surface area contributed by atoms with Crippen molar-refractivity contribution < 1.29 is 4.79 Å². The molecule has 2 rings (SSSR count). The topological polar surface area (TPSA) is 55.7 Å². The van der Waals surface area contributed by atoms with Gasteiger partial charge in [0.1, 0.15) is 0 Å². The van der Waals surface area contributed by atoms with Crippen molar-refractivity contribution >= 4 is 21.7 Å². The molecule has 0 amide bonds. The van der Waals surface area contributed by atoms with E-state index in [4.69, 9.17) is 0 Å². The maximum absolute atomic E-state index is 11.1. The van der Waals surface area contributed by atoms with Crippen LogP contribution < -0.4 is 0 Å². The van der Waals surface area contributed by atoms with Gasteiger partial charge in [-0.2, -0.15) is 5.10 Å². The molecule has 1 aromatic carbocycles. The lowest BCUT2D eigenvalue weighted by Gasteiger charge is -2.01. The predicted molar refractivity (Wildman–Crippen MR) is 63.0 cm³/mol. The molecular formula is C11H8BrN3O. The zero-order valence-electron chi connectivity index (χ0n) is 8.51. The van der Waals surface area contributed by atoms with Crippen LogP contribution >= 0.6 is 15.9 Å². The predicted octanol–water partition coefficient (Wildman–Crippen LogP) is 2.50. The van der Waals surface area contributed by atoms with E-state index in [1.807, 2.05) is 24.3 Å². The van der Waals surface area contributed by atoms with Crippen molar-refractivity contribution in [1.82, 2.24) is 15.2 Å². The molecule has 0 N–H and O–H groups in total. The van der Waals surface area contributed by atoms with E-state index in [0.29, 0.717) is 5.69 Å². The fourth-order valence-electron chi connectivity index (χ4n) is 1.24. The number of benzene rings is 1. The van der Waals surface area contributed by atoms with Crippen LogP contribution in [0.2, 0.25) is 0 Å². The number of Topliss-reactive ketones (excluding diaryl/α,β-unsaturated/α-hetero) is 1. The third-order valence-corrected chi connectivity index (χ3v) is 2.49. The van der Waals surface area contributed by atoms with Gasteiger partial charge in [0.25, 0.3) is 0 Å². The van der Waals surface area contributed by atoms with Crippen LogP contribution in [0.4, 0.5) is 0 Å². The van der Waals surface area contributed by atoms with E-state index in [1.54, 1.807) is 0 Å². The Morgan fingerprint density at radius 2 is 2.19 bits per heavy atom. The molecule has 0 aliphatic rings. The third-order valence-electron chi connectivity index (χ3n) is 1.99. The highest BCUT2D eigenvalue weighted by atomic mass is 79.9. The summed E-state index contributed by atoms with van der Waals surface area (Å²) in [6.45, 7) is 1.42. The normalized spacial score (nSPS) is 10.1. The summed E-state index contributed by atoms with van der Waals surface area (Å²) in [7, 11) is 0. The smallest absolute Gasteiger partial charge is 0.218 e. The summed E-state index contributed by atoms with van der Waals surface area (Å²) in [5.41, 5.74) is 1.54. The first-order chi connectivity index (χ1) is 7.66. The second kappa shape index (κ2) is 4.49. The van der Waals surface area contributed by atoms with E-state index >= 15 is 0 Å². The van der Waals surface area contributed by atoms with E-state index in [9.17, 15) is 4.79 Å². The molecule has 4 nitrogen and oxygen atoms in total. The third kappa shape index (κ3) is 2.30. The van der Waals surface area contributed by atoms with Crippen LogP contribution in [0.15, 0.2) is 34.9 Å². The summed E-state index contributed by atoms with van der Waals surface area (Å²) in [6, 6.07) is 7.63. The van der Waals surface area contributed by atoms with Gasteiger partial charge in [-0.1, -0.05) is 28.1 Å². The van der Waals surface area contributed by atoms with Gasteiger partial charge in [0.15, 0.2) is 5.78 Å². The second-order valence-corrected chi connectivity index (χ2v) is 4.15. The summed E-state index contributed by atoms with van der Waals surface area (Å²) < 4.78 is 0.952. The monoisotopic (exact) mass is 277 g/mol. The maximum atomic E-state index is 11.1. The Hall–Kier alpha value is -1.62. The number of hydrogen-bond acceptors (Lipinski definition) is 4. The number of ketones is 1. The standard InChI is InChI=1S/C11H8BrN3O/c1-7(16)11-14-10(6-13-15-11)8-3-2-4-9(12)5-8/h2-6H,1H3. The van der Waals surface area contributed by atoms with Gasteiger partial charge < -0.3 is 0 Å². The fraction of sp³-hybridized carbons (Fsp3) is 0.0909. The van der Waals surface area contributed by atoms with Crippen molar-refractivity contribution in [2.24, 2.45) is 0 Å². The minimum absolute atomic E-state index is 0.137. The quantitative estimate of drug-likeness (QED) is 0.792. The highest BCUT2D eigenvalue weighted by Gasteiger charge is 2.06. The number of hydrogen-bond donors (Lipinski definition) is 0. The van der Waals surface area contributed by atoms with Crippen molar-refractivity contribution in [3.05, 3.63) is 40.8 Å². The number of nitrogens with zero attached hydrogens (tertiary/aromatic N) is 3. The highest BCUT2D eigenvalue weighted by molar-refractivity contribution is 9.10. The number of rotatable bonds is 2. The molecule has 2 aromatic rings. The van der Waals surface area contributed by atoms with E-state index < -0.39 is 0 Å². The first-order valence-electron chi connectivity index (χ1n) is 4.63. The van der Waals surface area contributed by atoms with Gasteiger partial charge >= 0.3 is 0 Å². The Bertz CT molecular complexity index is 542. The molecule has 5 heteroatoms. The van der Waals surface area contributed by atoms with Crippen LogP contribution in [0.25, 0.3) is 11.3 Å². The summed E-state index contributed by atoms with van der Waals surface area (Å²) >= 11 is 3.38. The average Bonchev–Trinajstić information content (AvgIpc) is 2.29. The SMILES string of the molecule is CC(=O)c1nncc(-c2cccc(Br)c2)n1. The molecule has 1 aromatic heterocycles. The van der Waals surface area contributed by atoms with E-state index in [2.05, 4.69) is 31.1 Å². The second-order valence-electron chi connectivity index (χ2n) is 3.23. The highest BCUT2D eigenvalue weighted by Crippen LogP contribution is 2.20. The van der Waals surface area contributed by atoms with Crippen molar-refractivity contribution in [2.75, 3.05) is 0 Å². The Morgan fingerprint density at radius 3 is 2.88 bits per heavy atom. The molecule has 0 bridgehead atoms.